The van der Waals surface area contributed by atoms with Gasteiger partial charge in [-0.15, -0.1) is 0 Å². The van der Waals surface area contributed by atoms with Crippen LogP contribution in [0.4, 0.5) is 0 Å². The van der Waals surface area contributed by atoms with Gasteiger partial charge in [0, 0.05) is 12.1 Å². The van der Waals surface area contributed by atoms with Gasteiger partial charge >= 0.3 is 0 Å². The lowest BCUT2D eigenvalue weighted by Crippen LogP contribution is -2.20. The smallest absolute Gasteiger partial charge is 0.183 e. The van der Waals surface area contributed by atoms with E-state index >= 15 is 0 Å². The highest BCUT2D eigenvalue weighted by atomic mass is 32.1. The van der Waals surface area contributed by atoms with Gasteiger partial charge in [0.2, 0.25) is 0 Å². The Morgan fingerprint density at radius 3 is 2.59 bits per heavy atom. The van der Waals surface area contributed by atoms with E-state index in [1.165, 1.54) is 11.3 Å². The van der Waals surface area contributed by atoms with E-state index in [4.69, 9.17) is 14.9 Å². The summed E-state index contributed by atoms with van der Waals surface area (Å²) in [5, 5.41) is 17.4. The zero-order valence-electron chi connectivity index (χ0n) is 12.6. The topological polar surface area (TPSA) is 71.0 Å². The van der Waals surface area contributed by atoms with Gasteiger partial charge in [0.15, 0.2) is 16.3 Å². The maximum absolute atomic E-state index is 9.35. The van der Waals surface area contributed by atoms with Crippen LogP contribution in [0.2, 0.25) is 0 Å². The lowest BCUT2D eigenvalue weighted by Gasteiger charge is -2.22. The van der Waals surface area contributed by atoms with Crippen LogP contribution in [0.1, 0.15) is 24.3 Å². The summed E-state index contributed by atoms with van der Waals surface area (Å²) >= 11 is 1.22. The van der Waals surface area contributed by atoms with E-state index in [1.54, 1.807) is 0 Å². The first-order chi connectivity index (χ1) is 10.7. The fourth-order valence-corrected chi connectivity index (χ4v) is 3.63. The van der Waals surface area contributed by atoms with E-state index < -0.39 is 0 Å². The molecule has 6 heteroatoms. The molecule has 0 radical (unpaired) electrons. The van der Waals surface area contributed by atoms with E-state index in [0.717, 1.165) is 35.5 Å². The predicted molar refractivity (Wildman–Crippen MR) is 84.4 cm³/mol. The Balaban J connectivity index is 2.22. The van der Waals surface area contributed by atoms with Crippen LogP contribution in [0.5, 0.6) is 11.5 Å². The molecule has 22 heavy (non-hydrogen) atoms. The summed E-state index contributed by atoms with van der Waals surface area (Å²) in [6, 6.07) is 6.17. The van der Waals surface area contributed by atoms with Crippen molar-refractivity contribution in [3.8, 4) is 28.8 Å². The Morgan fingerprint density at radius 2 is 1.95 bits per heavy atom. The van der Waals surface area contributed by atoms with Crippen LogP contribution in [0.25, 0.3) is 11.3 Å². The molecule has 0 amide bonds. The molecule has 0 spiro atoms. The Labute approximate surface area is 132 Å². The summed E-state index contributed by atoms with van der Waals surface area (Å²) < 4.78 is 13.3. The Bertz CT molecular complexity index is 814. The first kappa shape index (κ1) is 14.7. The lowest BCUT2D eigenvalue weighted by atomic mass is 9.96. The number of hydrogen-bond donors (Lipinski definition) is 1. The van der Waals surface area contributed by atoms with Gasteiger partial charge < -0.3 is 14.0 Å². The number of nitrogens with zero attached hydrogens (tertiary/aromatic N) is 2. The van der Waals surface area contributed by atoms with Crippen molar-refractivity contribution in [3.05, 3.63) is 27.4 Å². The maximum Gasteiger partial charge on any atom is 0.183 e. The van der Waals surface area contributed by atoms with Gasteiger partial charge in [0.05, 0.1) is 18.9 Å². The molecule has 0 saturated heterocycles. The summed E-state index contributed by atoms with van der Waals surface area (Å²) in [5.74, 6) is 1.44. The minimum absolute atomic E-state index is 0.420. The molecule has 3 rings (SSSR count). The molecule has 1 aromatic carbocycles. The number of nitrogens with one attached hydrogen (secondary N) is 1. The fraction of sp³-hybridized carbons (Fsp3) is 0.375. The van der Waals surface area contributed by atoms with Crippen LogP contribution in [0.3, 0.4) is 0 Å². The van der Waals surface area contributed by atoms with Gasteiger partial charge in [-0.25, -0.2) is 0 Å². The number of benzene rings is 1. The van der Waals surface area contributed by atoms with E-state index in [1.807, 2.05) is 30.5 Å². The third-order valence-corrected chi connectivity index (χ3v) is 4.56. The molecule has 2 heterocycles. The van der Waals surface area contributed by atoms with Crippen LogP contribution in [-0.2, 0) is 13.0 Å². The minimum Gasteiger partial charge on any atom is -0.490 e. The van der Waals surface area contributed by atoms with Crippen LogP contribution in [-0.4, -0.2) is 17.8 Å². The molecule has 1 N–H and O–H groups in total. The molecule has 0 bridgehead atoms. The zero-order chi connectivity index (χ0) is 15.7. The van der Waals surface area contributed by atoms with Gasteiger partial charge in [-0.3, -0.25) is 5.41 Å². The average Bonchev–Trinajstić information content (AvgIpc) is 2.85. The number of aromatic nitrogens is 1. The van der Waals surface area contributed by atoms with Gasteiger partial charge in [-0.2, -0.15) is 5.26 Å². The Kier molecular flexibility index (Phi) is 3.90. The van der Waals surface area contributed by atoms with Crippen molar-refractivity contribution in [3.63, 3.8) is 0 Å². The molecule has 2 aromatic rings. The number of thiazole rings is 1. The van der Waals surface area contributed by atoms with Crippen molar-refractivity contribution in [2.24, 2.45) is 0 Å². The molecular weight excluding hydrogens is 298 g/mol. The summed E-state index contributed by atoms with van der Waals surface area (Å²) in [6.45, 7) is 5.73. The van der Waals surface area contributed by atoms with Gasteiger partial charge in [0.25, 0.3) is 0 Å². The normalized spacial score (nSPS) is 12.2. The number of hydrogen-bond acceptors (Lipinski definition) is 5. The molecular formula is C16H17N3O2S. The van der Waals surface area contributed by atoms with E-state index in [-0.39, 0.29) is 0 Å². The molecule has 1 aliphatic rings. The van der Waals surface area contributed by atoms with Gasteiger partial charge in [-0.1, -0.05) is 11.3 Å². The molecule has 1 aliphatic heterocycles. The number of fused-ring (bicyclic) bond motifs is 3. The standard InChI is InChI=1S/C16H17N3O2S/c1-3-20-12-7-10-5-6-19-15(14(9-17)22-16(19)18)11(10)8-13(12)21-4-2/h7-8,18H,3-6H2,1-2H3. The second-order valence-electron chi connectivity index (χ2n) is 4.92. The van der Waals surface area contributed by atoms with Crippen molar-refractivity contribution in [2.75, 3.05) is 13.2 Å². The largest absolute Gasteiger partial charge is 0.490 e. The Hall–Kier alpha value is -2.26. The van der Waals surface area contributed by atoms with Crippen molar-refractivity contribution in [1.82, 2.24) is 4.57 Å². The highest BCUT2D eigenvalue weighted by Crippen LogP contribution is 2.40. The number of rotatable bonds is 4. The first-order valence-electron chi connectivity index (χ1n) is 7.30. The van der Waals surface area contributed by atoms with Gasteiger partial charge in [0.1, 0.15) is 10.9 Å². The highest BCUT2D eigenvalue weighted by Gasteiger charge is 2.24. The summed E-state index contributed by atoms with van der Waals surface area (Å²) in [7, 11) is 0. The van der Waals surface area contributed by atoms with Crippen LogP contribution < -0.4 is 14.3 Å². The molecule has 0 unspecified atom stereocenters. The summed E-state index contributed by atoms with van der Waals surface area (Å²) in [5.41, 5.74) is 2.95. The molecule has 0 atom stereocenters. The van der Waals surface area contributed by atoms with Gasteiger partial charge in [-0.05, 0) is 38.0 Å². The second-order valence-corrected chi connectivity index (χ2v) is 5.92. The van der Waals surface area contributed by atoms with E-state index in [0.29, 0.717) is 28.6 Å². The quantitative estimate of drug-likeness (QED) is 0.943. The maximum atomic E-state index is 9.35. The third kappa shape index (κ3) is 2.28. The first-order valence-corrected chi connectivity index (χ1v) is 8.12. The van der Waals surface area contributed by atoms with Crippen molar-refractivity contribution >= 4 is 11.3 Å². The molecule has 114 valence electrons. The van der Waals surface area contributed by atoms with Crippen molar-refractivity contribution in [1.29, 1.82) is 10.7 Å². The van der Waals surface area contributed by atoms with Crippen LogP contribution in [0, 0.1) is 16.7 Å². The number of ether oxygens (including phenoxy) is 2. The summed E-state index contributed by atoms with van der Waals surface area (Å²) in [6.07, 6.45) is 0.826. The molecule has 1 aromatic heterocycles. The Morgan fingerprint density at radius 1 is 1.27 bits per heavy atom. The SMILES string of the molecule is CCOc1cc2c(cc1OCC)-c1c(C#N)sc(=N)n1CC2. The number of aryl methyl sites for hydroxylation is 1. The molecule has 5 nitrogen and oxygen atoms in total. The summed E-state index contributed by atoms with van der Waals surface area (Å²) in [4.78, 5) is 1.00. The van der Waals surface area contributed by atoms with E-state index in [9.17, 15) is 5.26 Å². The van der Waals surface area contributed by atoms with Crippen LogP contribution >= 0.6 is 11.3 Å². The number of nitriles is 1. The van der Waals surface area contributed by atoms with Crippen molar-refractivity contribution < 1.29 is 9.47 Å². The molecule has 0 aliphatic carbocycles. The minimum atomic E-state index is 0.420. The van der Waals surface area contributed by atoms with Crippen LogP contribution in [0.15, 0.2) is 12.1 Å². The van der Waals surface area contributed by atoms with Crippen molar-refractivity contribution in [2.45, 2.75) is 26.8 Å². The molecule has 0 saturated carbocycles. The lowest BCUT2D eigenvalue weighted by molar-refractivity contribution is 0.287. The molecule has 0 fully saturated rings. The second kappa shape index (κ2) is 5.85. The third-order valence-electron chi connectivity index (χ3n) is 3.66. The highest BCUT2D eigenvalue weighted by molar-refractivity contribution is 7.10. The zero-order valence-corrected chi connectivity index (χ0v) is 13.4. The fourth-order valence-electron chi connectivity index (χ4n) is 2.78. The average molecular weight is 315 g/mol. The monoisotopic (exact) mass is 315 g/mol. The predicted octanol–water partition coefficient (Wildman–Crippen LogP) is 2.92. The van der Waals surface area contributed by atoms with E-state index in [2.05, 4.69) is 6.07 Å².